The van der Waals surface area contributed by atoms with Gasteiger partial charge in [-0.25, -0.2) is 4.39 Å². The summed E-state index contributed by atoms with van der Waals surface area (Å²) in [5, 5.41) is 15.7. The van der Waals surface area contributed by atoms with Crippen LogP contribution in [0, 0.1) is 5.82 Å². The number of nitrogens with one attached hydrogen (secondary N) is 2. The van der Waals surface area contributed by atoms with Crippen LogP contribution in [0.5, 0.6) is 0 Å². The number of anilines is 3. The third-order valence-electron chi connectivity index (χ3n) is 5.13. The van der Waals surface area contributed by atoms with Crippen molar-refractivity contribution in [1.29, 1.82) is 0 Å². The lowest BCUT2D eigenvalue weighted by molar-refractivity contribution is -0.142. The van der Waals surface area contributed by atoms with Gasteiger partial charge in [-0.2, -0.15) is 0 Å². The topological polar surface area (TPSA) is 98.5 Å². The first kappa shape index (κ1) is 23.2. The van der Waals surface area contributed by atoms with Crippen molar-refractivity contribution >= 4 is 34.1 Å². The third-order valence-corrected chi connectivity index (χ3v) is 5.13. The number of carbonyl (C=O) groups is 1. The predicted molar refractivity (Wildman–Crippen MR) is 128 cm³/mol. The molecular formula is C25H25FN4O4. The number of para-hydroxylation sites is 1. The number of esters is 1. The lowest BCUT2D eigenvalue weighted by Gasteiger charge is -2.13. The van der Waals surface area contributed by atoms with Crippen LogP contribution in [-0.2, 0) is 20.7 Å². The van der Waals surface area contributed by atoms with Crippen LogP contribution in [-0.4, -0.2) is 43.0 Å². The van der Waals surface area contributed by atoms with Crippen LogP contribution < -0.4 is 10.6 Å². The number of benzene rings is 2. The van der Waals surface area contributed by atoms with Crippen molar-refractivity contribution in [2.45, 2.75) is 13.3 Å². The van der Waals surface area contributed by atoms with E-state index in [1.807, 2.05) is 24.3 Å². The molecule has 0 saturated carbocycles. The van der Waals surface area contributed by atoms with Gasteiger partial charge < -0.3 is 24.5 Å². The predicted octanol–water partition coefficient (Wildman–Crippen LogP) is 4.94. The Kier molecular flexibility index (Phi) is 7.34. The summed E-state index contributed by atoms with van der Waals surface area (Å²) < 4.78 is 30.4. The molecule has 34 heavy (non-hydrogen) atoms. The van der Waals surface area contributed by atoms with E-state index in [4.69, 9.17) is 13.9 Å². The maximum atomic E-state index is 14.7. The molecule has 9 heteroatoms. The van der Waals surface area contributed by atoms with Crippen molar-refractivity contribution in [3.8, 4) is 11.3 Å². The molecule has 0 unspecified atom stereocenters. The first-order valence-corrected chi connectivity index (χ1v) is 10.9. The molecule has 0 aliphatic heterocycles. The van der Waals surface area contributed by atoms with Crippen LogP contribution in [0.3, 0.4) is 0 Å². The van der Waals surface area contributed by atoms with Gasteiger partial charge in [-0.05, 0) is 36.8 Å². The molecule has 176 valence electrons. The van der Waals surface area contributed by atoms with Gasteiger partial charge in [0.05, 0.1) is 37.0 Å². The zero-order chi connectivity index (χ0) is 23.9. The van der Waals surface area contributed by atoms with Crippen molar-refractivity contribution in [2.75, 3.05) is 37.5 Å². The summed E-state index contributed by atoms with van der Waals surface area (Å²) in [4.78, 5) is 11.7. The summed E-state index contributed by atoms with van der Waals surface area (Å²) >= 11 is 0. The largest absolute Gasteiger partial charge is 0.466 e. The molecule has 2 aromatic heterocycles. The van der Waals surface area contributed by atoms with E-state index in [1.165, 1.54) is 6.07 Å². The molecular weight excluding hydrogens is 439 g/mol. The van der Waals surface area contributed by atoms with Crippen LogP contribution >= 0.6 is 0 Å². The average Bonchev–Trinajstić information content (AvgIpc) is 3.32. The zero-order valence-electron chi connectivity index (χ0n) is 18.9. The SMILES string of the molecule is CCOC(=O)Cc1ccc(Nc2nnc(-c3ccccc3NCCOC)c3ccoc23)c(F)c1. The molecule has 0 bridgehead atoms. The van der Waals surface area contributed by atoms with Crippen molar-refractivity contribution < 1.29 is 23.1 Å². The minimum atomic E-state index is -0.528. The number of hydrogen-bond donors (Lipinski definition) is 2. The van der Waals surface area contributed by atoms with Gasteiger partial charge >= 0.3 is 5.97 Å². The molecule has 0 saturated heterocycles. The molecule has 0 radical (unpaired) electrons. The van der Waals surface area contributed by atoms with Gasteiger partial charge in [0.1, 0.15) is 11.5 Å². The fourth-order valence-corrected chi connectivity index (χ4v) is 3.57. The number of ether oxygens (including phenoxy) is 2. The molecule has 0 aliphatic carbocycles. The van der Waals surface area contributed by atoms with Gasteiger partial charge in [0, 0.05) is 24.9 Å². The van der Waals surface area contributed by atoms with Crippen molar-refractivity contribution in [1.82, 2.24) is 10.2 Å². The van der Waals surface area contributed by atoms with Crippen LogP contribution in [0.1, 0.15) is 12.5 Å². The minimum absolute atomic E-state index is 0.000201. The molecule has 0 aliphatic rings. The van der Waals surface area contributed by atoms with Crippen LogP contribution in [0.4, 0.5) is 21.6 Å². The second-order valence-corrected chi connectivity index (χ2v) is 7.45. The van der Waals surface area contributed by atoms with E-state index in [0.717, 1.165) is 16.6 Å². The quantitative estimate of drug-likeness (QED) is 0.252. The van der Waals surface area contributed by atoms with Gasteiger partial charge in [0.25, 0.3) is 0 Å². The Labute approximate surface area is 196 Å². The summed E-state index contributed by atoms with van der Waals surface area (Å²) in [5.41, 5.74) is 3.54. The summed E-state index contributed by atoms with van der Waals surface area (Å²) in [6, 6.07) is 14.1. The highest BCUT2D eigenvalue weighted by molar-refractivity contribution is 5.99. The normalized spacial score (nSPS) is 10.9. The number of furan rings is 1. The van der Waals surface area contributed by atoms with E-state index in [-0.39, 0.29) is 24.5 Å². The van der Waals surface area contributed by atoms with Crippen LogP contribution in [0.2, 0.25) is 0 Å². The van der Waals surface area contributed by atoms with Gasteiger partial charge in [-0.3, -0.25) is 4.79 Å². The van der Waals surface area contributed by atoms with E-state index in [0.29, 0.717) is 30.0 Å². The molecule has 4 rings (SSSR count). The Bertz CT molecular complexity index is 1290. The monoisotopic (exact) mass is 464 g/mol. The Morgan fingerprint density at radius 1 is 1.12 bits per heavy atom. The van der Waals surface area contributed by atoms with E-state index in [2.05, 4.69) is 20.8 Å². The number of carbonyl (C=O) groups excluding carboxylic acids is 1. The molecule has 2 heterocycles. The Morgan fingerprint density at radius 2 is 1.97 bits per heavy atom. The first-order chi connectivity index (χ1) is 16.6. The molecule has 2 aromatic carbocycles. The summed E-state index contributed by atoms with van der Waals surface area (Å²) in [6.07, 6.45) is 1.54. The average molecular weight is 464 g/mol. The van der Waals surface area contributed by atoms with Crippen LogP contribution in [0.15, 0.2) is 59.2 Å². The van der Waals surface area contributed by atoms with Crippen molar-refractivity contribution in [3.63, 3.8) is 0 Å². The molecule has 0 spiro atoms. The number of aromatic nitrogens is 2. The second-order valence-electron chi connectivity index (χ2n) is 7.45. The highest BCUT2D eigenvalue weighted by Crippen LogP contribution is 2.35. The number of halogens is 1. The first-order valence-electron chi connectivity index (χ1n) is 10.9. The third kappa shape index (κ3) is 5.15. The number of methoxy groups -OCH3 is 1. The Balaban J connectivity index is 1.61. The molecule has 2 N–H and O–H groups in total. The van der Waals surface area contributed by atoms with Gasteiger partial charge in [-0.1, -0.05) is 24.3 Å². The van der Waals surface area contributed by atoms with Gasteiger partial charge in [0.2, 0.25) is 0 Å². The lowest BCUT2D eigenvalue weighted by Crippen LogP contribution is -2.09. The summed E-state index contributed by atoms with van der Waals surface area (Å²) in [6.45, 7) is 3.21. The van der Waals surface area contributed by atoms with Crippen molar-refractivity contribution in [3.05, 3.63) is 66.2 Å². The Hall–Kier alpha value is -3.98. The molecule has 4 aromatic rings. The van der Waals surface area contributed by atoms with E-state index < -0.39 is 11.8 Å². The van der Waals surface area contributed by atoms with E-state index in [1.54, 1.807) is 38.5 Å². The standard InChI is InChI=1S/C25H25FN4O4/c1-3-33-22(31)15-16-8-9-21(19(26)14-16)28-25-24-18(10-12-34-24)23(29-30-25)17-6-4-5-7-20(17)27-11-13-32-2/h4-10,12,14,27H,3,11,13,15H2,1-2H3,(H,28,30). The number of rotatable bonds is 10. The number of fused-ring (bicyclic) bond motifs is 1. The second kappa shape index (κ2) is 10.8. The van der Waals surface area contributed by atoms with E-state index >= 15 is 0 Å². The van der Waals surface area contributed by atoms with Crippen LogP contribution in [0.25, 0.3) is 22.2 Å². The van der Waals surface area contributed by atoms with E-state index in [9.17, 15) is 9.18 Å². The minimum Gasteiger partial charge on any atom is -0.466 e. The fourth-order valence-electron chi connectivity index (χ4n) is 3.57. The molecule has 8 nitrogen and oxygen atoms in total. The molecule has 0 atom stereocenters. The zero-order valence-corrected chi connectivity index (χ0v) is 18.9. The highest BCUT2D eigenvalue weighted by Gasteiger charge is 2.17. The summed E-state index contributed by atoms with van der Waals surface area (Å²) in [5.74, 6) is -0.649. The number of hydrogen-bond acceptors (Lipinski definition) is 8. The Morgan fingerprint density at radius 3 is 2.76 bits per heavy atom. The van der Waals surface area contributed by atoms with Crippen molar-refractivity contribution in [2.24, 2.45) is 0 Å². The molecule has 0 amide bonds. The highest BCUT2D eigenvalue weighted by atomic mass is 19.1. The summed E-state index contributed by atoms with van der Waals surface area (Å²) in [7, 11) is 1.65. The fraction of sp³-hybridized carbons (Fsp3) is 0.240. The smallest absolute Gasteiger partial charge is 0.310 e. The maximum Gasteiger partial charge on any atom is 0.310 e. The van der Waals surface area contributed by atoms with Gasteiger partial charge in [-0.15, -0.1) is 10.2 Å². The lowest BCUT2D eigenvalue weighted by atomic mass is 10.1. The number of nitrogens with zero attached hydrogens (tertiary/aromatic N) is 2. The maximum absolute atomic E-state index is 14.7. The van der Waals surface area contributed by atoms with Gasteiger partial charge in [0.15, 0.2) is 11.4 Å². The molecule has 0 fully saturated rings.